The Morgan fingerprint density at radius 2 is 2.00 bits per heavy atom. The molecule has 0 amide bonds. The van der Waals surface area contributed by atoms with Gasteiger partial charge in [0.25, 0.3) is 0 Å². The van der Waals surface area contributed by atoms with Crippen LogP contribution in [-0.4, -0.2) is 0 Å². The number of halogens is 2. The second-order valence-corrected chi connectivity index (χ2v) is 4.37. The molecule has 0 radical (unpaired) electrons. The van der Waals surface area contributed by atoms with Crippen LogP contribution in [0.3, 0.4) is 0 Å². The molecule has 0 aliphatic rings. The molecule has 0 unspecified atom stereocenters. The van der Waals surface area contributed by atoms with Crippen LogP contribution in [0.15, 0.2) is 0 Å². The van der Waals surface area contributed by atoms with Crippen molar-refractivity contribution in [2.45, 2.75) is 0 Å². The second-order valence-electron chi connectivity index (χ2n) is 0.126. The molecule has 4 heteroatoms. The predicted octanol–water partition coefficient (Wildman–Crippen LogP) is 2.60. The Labute approximate surface area is 44.2 Å². The maximum atomic E-state index is 10.6. The summed E-state index contributed by atoms with van der Waals surface area (Å²) in [4.78, 5) is 0. The van der Waals surface area contributed by atoms with E-state index in [2.05, 4.69) is 0 Å². The van der Waals surface area contributed by atoms with Crippen LogP contribution >= 0.6 is 40.4 Å². The summed E-state index contributed by atoms with van der Waals surface area (Å²) in [7, 11) is 1.08. The van der Waals surface area contributed by atoms with Gasteiger partial charge in [0.15, 0.2) is 0 Å². The van der Waals surface area contributed by atoms with E-state index in [4.69, 9.17) is 0 Å². The fourth-order valence-corrected chi connectivity index (χ4v) is 0. The molecule has 0 aliphatic carbocycles. The van der Waals surface area contributed by atoms with Crippen molar-refractivity contribution in [2.24, 2.45) is 0 Å². The number of hydrogen-bond donors (Lipinski definition) is 0. The minimum absolute atomic E-state index is 0.260. The fraction of sp³-hybridized carbons (Fsp3) is 0. The van der Waals surface area contributed by atoms with Crippen molar-refractivity contribution >= 4 is 40.4 Å². The first kappa shape index (κ1) is 5.36. The third-order valence-corrected chi connectivity index (χ3v) is 1.44. The zero-order valence-corrected chi connectivity index (χ0v) is 5.36. The monoisotopic (exact) mass is 210 g/mol. The lowest BCUT2D eigenvalue weighted by atomic mass is 18.9. The highest BCUT2D eigenvalue weighted by Crippen LogP contribution is 2.28. The van der Waals surface area contributed by atoms with Gasteiger partial charge in [-0.3, -0.25) is 0 Å². The molecule has 0 aliphatic heterocycles. The average Bonchev–Trinajstić information content (AvgIpc) is 1.37. The molecular weight excluding hydrogens is 210 g/mol. The molecule has 0 spiro atoms. The molecule has 0 saturated carbocycles. The predicted molar refractivity (Wildman–Crippen MR) is 30.3 cm³/mol. The number of hydrogen-bond acceptors (Lipinski definition) is 2. The molecular formula is FIS2. The van der Waals surface area contributed by atoms with Gasteiger partial charge in [0.05, 0.1) is 0 Å². The van der Waals surface area contributed by atoms with Crippen LogP contribution < -0.4 is 0 Å². The molecule has 26 valence electrons. The van der Waals surface area contributed by atoms with Crippen molar-refractivity contribution in [2.75, 3.05) is 0 Å². The first-order chi connectivity index (χ1) is 1.91. The van der Waals surface area contributed by atoms with Crippen LogP contribution in [0.1, 0.15) is 0 Å². The summed E-state index contributed by atoms with van der Waals surface area (Å²) < 4.78 is 10.6. The van der Waals surface area contributed by atoms with E-state index in [1.807, 2.05) is 21.2 Å². The zero-order valence-electron chi connectivity index (χ0n) is 1.57. The molecule has 0 aromatic rings. The second kappa shape index (κ2) is 4.36. The molecule has 0 atom stereocenters. The van der Waals surface area contributed by atoms with Gasteiger partial charge >= 0.3 is 0 Å². The minimum atomic E-state index is 0.260. The van der Waals surface area contributed by atoms with E-state index in [9.17, 15) is 3.89 Å². The van der Waals surface area contributed by atoms with Gasteiger partial charge in [0.1, 0.15) is 11.2 Å². The Kier molecular flexibility index (Phi) is 5.84. The summed E-state index contributed by atoms with van der Waals surface area (Å²) in [6.07, 6.45) is 0. The lowest BCUT2D eigenvalue weighted by molar-refractivity contribution is 0.954. The van der Waals surface area contributed by atoms with Gasteiger partial charge in [-0.05, 0) is 0 Å². The summed E-state index contributed by atoms with van der Waals surface area (Å²) in [5, 5.41) is 0. The normalized spacial score (nSPS) is 7.50. The Balaban J connectivity index is 1.97. The van der Waals surface area contributed by atoms with Gasteiger partial charge in [-0.1, -0.05) is 0 Å². The van der Waals surface area contributed by atoms with Crippen LogP contribution in [0.5, 0.6) is 0 Å². The van der Waals surface area contributed by atoms with Gasteiger partial charge in [0, 0.05) is 29.2 Å². The van der Waals surface area contributed by atoms with E-state index >= 15 is 0 Å². The summed E-state index contributed by atoms with van der Waals surface area (Å²) in [5.74, 6) is 0. The van der Waals surface area contributed by atoms with Crippen molar-refractivity contribution in [3.8, 4) is 0 Å². The molecule has 0 aromatic heterocycles. The Morgan fingerprint density at radius 3 is 2.00 bits per heavy atom. The molecule has 0 rings (SSSR count). The molecule has 0 aromatic carbocycles. The molecule has 4 heavy (non-hydrogen) atoms. The lowest BCUT2D eigenvalue weighted by Crippen LogP contribution is -0.980. The van der Waals surface area contributed by atoms with Crippen LogP contribution in [0.4, 0.5) is 3.89 Å². The van der Waals surface area contributed by atoms with E-state index in [0.29, 0.717) is 0 Å². The standard InChI is InChI=1S/FIS2/c1-3-4-2. The van der Waals surface area contributed by atoms with E-state index in [0.717, 1.165) is 7.97 Å². The third-order valence-electron chi connectivity index (χ3n) is 0.0238. The van der Waals surface area contributed by atoms with E-state index in [-0.39, 0.29) is 11.2 Å². The average molecular weight is 210 g/mol. The Bertz CT molecular complexity index is 8.00. The Hall–Kier alpha value is 1.36. The molecule has 0 nitrogen and oxygen atoms in total. The molecule has 0 heterocycles. The van der Waals surface area contributed by atoms with Gasteiger partial charge in [-0.25, -0.2) is 0 Å². The largest absolute Gasteiger partial charge is 0.152 e. The summed E-state index contributed by atoms with van der Waals surface area (Å²) in [6.45, 7) is 0. The van der Waals surface area contributed by atoms with Gasteiger partial charge < -0.3 is 0 Å². The first-order valence-corrected chi connectivity index (χ1v) is 5.07. The van der Waals surface area contributed by atoms with Gasteiger partial charge in [-0.15, -0.1) is 0 Å². The van der Waals surface area contributed by atoms with Crippen molar-refractivity contribution in [1.29, 1.82) is 0 Å². The maximum absolute atomic E-state index is 10.6. The van der Waals surface area contributed by atoms with Crippen LogP contribution in [0.2, 0.25) is 0 Å². The van der Waals surface area contributed by atoms with Crippen LogP contribution in [-0.2, 0) is 0 Å². The van der Waals surface area contributed by atoms with Crippen LogP contribution in [0.25, 0.3) is 0 Å². The fourth-order valence-electron chi connectivity index (χ4n) is 0. The summed E-state index contributed by atoms with van der Waals surface area (Å²) in [5.41, 5.74) is 0. The SMILES string of the molecule is FSSI. The lowest BCUT2D eigenvalue weighted by Gasteiger charge is -1.59. The first-order valence-electron chi connectivity index (χ1n) is 0.475. The van der Waals surface area contributed by atoms with Crippen molar-refractivity contribution in [1.82, 2.24) is 0 Å². The van der Waals surface area contributed by atoms with E-state index < -0.39 is 0 Å². The van der Waals surface area contributed by atoms with Crippen molar-refractivity contribution in [3.63, 3.8) is 0 Å². The molecule has 0 saturated heterocycles. The molecule has 0 bridgehead atoms. The summed E-state index contributed by atoms with van der Waals surface area (Å²) >= 11 is 2.12. The highest BCUT2D eigenvalue weighted by atomic mass is 127. The van der Waals surface area contributed by atoms with Crippen LogP contribution in [0, 0.1) is 0 Å². The maximum Gasteiger partial charge on any atom is 0.126 e. The summed E-state index contributed by atoms with van der Waals surface area (Å²) in [6, 6.07) is 0. The smallest absolute Gasteiger partial charge is 0.126 e. The third kappa shape index (κ3) is 3.36. The minimum Gasteiger partial charge on any atom is -0.152 e. The van der Waals surface area contributed by atoms with Gasteiger partial charge in [-0.2, -0.15) is 3.89 Å². The van der Waals surface area contributed by atoms with E-state index in [1.54, 1.807) is 0 Å². The highest BCUT2D eigenvalue weighted by molar-refractivity contribution is 14.2. The Morgan fingerprint density at radius 1 is 1.75 bits per heavy atom. The number of rotatable bonds is 1. The topological polar surface area (TPSA) is 0 Å². The quantitative estimate of drug-likeness (QED) is 0.481. The molecule has 0 N–H and O–H groups in total. The highest BCUT2D eigenvalue weighted by Gasteiger charge is 1.65. The van der Waals surface area contributed by atoms with Crippen molar-refractivity contribution in [3.05, 3.63) is 0 Å². The van der Waals surface area contributed by atoms with E-state index in [1.165, 1.54) is 0 Å². The van der Waals surface area contributed by atoms with Crippen molar-refractivity contribution < 1.29 is 3.89 Å². The molecule has 0 fully saturated rings. The zero-order chi connectivity index (χ0) is 3.41. The van der Waals surface area contributed by atoms with Gasteiger partial charge in [0.2, 0.25) is 0 Å².